The number of hydrogen-bond donors (Lipinski definition) is 1. The molecule has 0 saturated heterocycles. The smallest absolute Gasteiger partial charge is 0.233 e. The van der Waals surface area contributed by atoms with Crippen LogP contribution in [-0.4, -0.2) is 29.5 Å². The van der Waals surface area contributed by atoms with Crippen LogP contribution in [0.15, 0.2) is 86.1 Å². The van der Waals surface area contributed by atoms with Crippen molar-refractivity contribution in [1.82, 2.24) is 14.5 Å². The summed E-state index contributed by atoms with van der Waals surface area (Å²) in [7, 11) is -3.89. The highest BCUT2D eigenvalue weighted by Gasteiger charge is 2.28. The summed E-state index contributed by atoms with van der Waals surface area (Å²) in [5, 5.41) is 3.50. The molecule has 2 aromatic heterocycles. The molecule has 0 aliphatic carbocycles. The number of nitrogens with one attached hydrogen (secondary N) is 1. The molecule has 0 spiro atoms. The molecule has 4 aromatic rings. The SMILES string of the molecule is O=S(=O)(c1ccc(Br)cc1)c1nc(-c2ccc(Cl)cc2)oc1NCCCn1ccnc1. The first-order valence-corrected chi connectivity index (χ1v) is 12.1. The predicted octanol–water partition coefficient (Wildman–Crippen LogP) is 5.29. The van der Waals surface area contributed by atoms with Crippen LogP contribution in [0.1, 0.15) is 6.42 Å². The Morgan fingerprint density at radius 1 is 1.10 bits per heavy atom. The van der Waals surface area contributed by atoms with Gasteiger partial charge in [-0.25, -0.2) is 13.4 Å². The van der Waals surface area contributed by atoms with Gasteiger partial charge in [-0.05, 0) is 55.0 Å². The minimum Gasteiger partial charge on any atom is -0.419 e. The van der Waals surface area contributed by atoms with E-state index in [9.17, 15) is 8.42 Å². The largest absolute Gasteiger partial charge is 0.419 e. The van der Waals surface area contributed by atoms with E-state index in [1.165, 1.54) is 12.1 Å². The molecule has 10 heteroatoms. The monoisotopic (exact) mass is 520 g/mol. The molecule has 0 radical (unpaired) electrons. The molecular weight excluding hydrogens is 504 g/mol. The Bertz CT molecular complexity index is 1260. The summed E-state index contributed by atoms with van der Waals surface area (Å²) >= 11 is 9.28. The van der Waals surface area contributed by atoms with Crippen LogP contribution in [0.3, 0.4) is 0 Å². The number of nitrogens with zero attached hydrogens (tertiary/aromatic N) is 3. The molecule has 0 aliphatic rings. The van der Waals surface area contributed by atoms with E-state index < -0.39 is 9.84 Å². The first kappa shape index (κ1) is 21.6. The van der Waals surface area contributed by atoms with Crippen molar-refractivity contribution in [2.24, 2.45) is 0 Å². The second kappa shape index (κ2) is 9.25. The lowest BCUT2D eigenvalue weighted by molar-refractivity contribution is 0.571. The zero-order valence-corrected chi connectivity index (χ0v) is 19.4. The van der Waals surface area contributed by atoms with Gasteiger partial charge in [0.2, 0.25) is 26.6 Å². The molecule has 0 aliphatic heterocycles. The van der Waals surface area contributed by atoms with Crippen LogP contribution in [0.5, 0.6) is 0 Å². The van der Waals surface area contributed by atoms with Crippen LogP contribution in [0.2, 0.25) is 5.02 Å². The van der Waals surface area contributed by atoms with E-state index in [1.807, 2.05) is 10.8 Å². The summed E-state index contributed by atoms with van der Waals surface area (Å²) in [6.45, 7) is 1.23. The lowest BCUT2D eigenvalue weighted by atomic mass is 10.2. The van der Waals surface area contributed by atoms with Crippen LogP contribution >= 0.6 is 27.5 Å². The number of anilines is 1. The molecular formula is C21H18BrClN4O3S. The average Bonchev–Trinajstić information content (AvgIpc) is 3.42. The van der Waals surface area contributed by atoms with E-state index in [4.69, 9.17) is 16.0 Å². The van der Waals surface area contributed by atoms with Gasteiger partial charge in [0.25, 0.3) is 0 Å². The van der Waals surface area contributed by atoms with Crippen LogP contribution in [0, 0.1) is 0 Å². The van der Waals surface area contributed by atoms with Crippen molar-refractivity contribution < 1.29 is 12.8 Å². The maximum absolute atomic E-state index is 13.3. The van der Waals surface area contributed by atoms with E-state index in [2.05, 4.69) is 31.2 Å². The molecule has 0 atom stereocenters. The molecule has 0 amide bonds. The topological polar surface area (TPSA) is 90.0 Å². The van der Waals surface area contributed by atoms with Crippen molar-refractivity contribution >= 4 is 43.3 Å². The Balaban J connectivity index is 1.64. The molecule has 2 heterocycles. The summed E-state index contributed by atoms with van der Waals surface area (Å²) < 4.78 is 35.1. The third kappa shape index (κ3) is 5.00. The van der Waals surface area contributed by atoms with Gasteiger partial charge in [-0.15, -0.1) is 0 Å². The van der Waals surface area contributed by atoms with Gasteiger partial charge in [-0.2, -0.15) is 4.98 Å². The first-order chi connectivity index (χ1) is 14.9. The van der Waals surface area contributed by atoms with Gasteiger partial charge in [0.05, 0.1) is 11.2 Å². The number of imidazole rings is 1. The normalized spacial score (nSPS) is 11.5. The average molecular weight is 522 g/mol. The molecule has 0 fully saturated rings. The number of aromatic nitrogens is 3. The van der Waals surface area contributed by atoms with Gasteiger partial charge in [0.15, 0.2) is 0 Å². The fraction of sp³-hybridized carbons (Fsp3) is 0.143. The highest BCUT2D eigenvalue weighted by Crippen LogP contribution is 2.33. The molecule has 0 bridgehead atoms. The Kier molecular flexibility index (Phi) is 6.45. The third-order valence-electron chi connectivity index (χ3n) is 4.50. The van der Waals surface area contributed by atoms with Gasteiger partial charge in [0.1, 0.15) is 0 Å². The van der Waals surface area contributed by atoms with E-state index in [-0.39, 0.29) is 21.7 Å². The van der Waals surface area contributed by atoms with Crippen LogP contribution < -0.4 is 5.32 Å². The number of oxazole rings is 1. The summed E-state index contributed by atoms with van der Waals surface area (Å²) in [4.78, 5) is 8.46. The van der Waals surface area contributed by atoms with Crippen molar-refractivity contribution in [2.45, 2.75) is 22.9 Å². The minimum atomic E-state index is -3.89. The fourth-order valence-corrected chi connectivity index (χ4v) is 4.59. The van der Waals surface area contributed by atoms with Crippen LogP contribution in [0.25, 0.3) is 11.5 Å². The molecule has 7 nitrogen and oxygen atoms in total. The molecule has 0 saturated carbocycles. The Labute approximate surface area is 193 Å². The number of sulfone groups is 1. The summed E-state index contributed by atoms with van der Waals surface area (Å²) in [6, 6.07) is 13.2. The van der Waals surface area contributed by atoms with E-state index in [1.54, 1.807) is 48.9 Å². The third-order valence-corrected chi connectivity index (χ3v) is 6.96. The van der Waals surface area contributed by atoms with Crippen molar-refractivity contribution in [1.29, 1.82) is 0 Å². The molecule has 160 valence electrons. The standard InChI is InChI=1S/C21H18BrClN4O3S/c22-16-4-8-18(9-5-16)31(28,29)21-20(25-10-1-12-27-13-11-24-14-27)30-19(26-21)15-2-6-17(23)7-3-15/h2-9,11,13-14,25H,1,10,12H2. The highest BCUT2D eigenvalue weighted by molar-refractivity contribution is 9.10. The van der Waals surface area contributed by atoms with Crippen LogP contribution in [-0.2, 0) is 16.4 Å². The Morgan fingerprint density at radius 3 is 2.52 bits per heavy atom. The van der Waals surface area contributed by atoms with Gasteiger partial charge in [-0.1, -0.05) is 27.5 Å². The predicted molar refractivity (Wildman–Crippen MR) is 122 cm³/mol. The van der Waals surface area contributed by atoms with Crippen molar-refractivity contribution in [3.8, 4) is 11.5 Å². The highest BCUT2D eigenvalue weighted by atomic mass is 79.9. The second-order valence-corrected chi connectivity index (χ2v) is 9.92. The molecule has 2 aromatic carbocycles. The quantitative estimate of drug-likeness (QED) is 0.317. The van der Waals surface area contributed by atoms with Crippen molar-refractivity contribution in [2.75, 3.05) is 11.9 Å². The Hall–Kier alpha value is -2.62. The van der Waals surface area contributed by atoms with Gasteiger partial charge >= 0.3 is 0 Å². The summed E-state index contributed by atoms with van der Waals surface area (Å²) in [6.07, 6.45) is 6.06. The number of aryl methyl sites for hydroxylation is 1. The first-order valence-electron chi connectivity index (χ1n) is 9.40. The lowest BCUT2D eigenvalue weighted by Crippen LogP contribution is -2.10. The minimum absolute atomic E-state index is 0.110. The molecule has 1 N–H and O–H groups in total. The van der Waals surface area contributed by atoms with Crippen LogP contribution in [0.4, 0.5) is 5.88 Å². The van der Waals surface area contributed by atoms with Crippen molar-refractivity contribution in [3.63, 3.8) is 0 Å². The number of hydrogen-bond acceptors (Lipinski definition) is 6. The Morgan fingerprint density at radius 2 is 1.84 bits per heavy atom. The van der Waals surface area contributed by atoms with E-state index in [0.717, 1.165) is 17.4 Å². The van der Waals surface area contributed by atoms with Gasteiger partial charge in [0, 0.05) is 40.5 Å². The molecule has 31 heavy (non-hydrogen) atoms. The second-order valence-electron chi connectivity index (χ2n) is 6.70. The number of rotatable bonds is 8. The summed E-state index contributed by atoms with van der Waals surface area (Å²) in [5.41, 5.74) is 0.628. The van der Waals surface area contributed by atoms with E-state index >= 15 is 0 Å². The van der Waals surface area contributed by atoms with Crippen molar-refractivity contribution in [3.05, 3.63) is 76.7 Å². The zero-order chi connectivity index (χ0) is 21.8. The fourth-order valence-electron chi connectivity index (χ4n) is 2.92. The van der Waals surface area contributed by atoms with Gasteiger partial charge < -0.3 is 14.3 Å². The zero-order valence-electron chi connectivity index (χ0n) is 16.2. The maximum atomic E-state index is 13.3. The van der Waals surface area contributed by atoms with Gasteiger partial charge in [-0.3, -0.25) is 0 Å². The number of halogens is 2. The number of benzene rings is 2. The van der Waals surface area contributed by atoms with E-state index in [0.29, 0.717) is 17.1 Å². The summed E-state index contributed by atoms with van der Waals surface area (Å²) in [5.74, 6) is 0.308. The maximum Gasteiger partial charge on any atom is 0.233 e. The molecule has 4 rings (SSSR count). The molecule has 0 unspecified atom stereocenters. The lowest BCUT2D eigenvalue weighted by Gasteiger charge is -2.07.